The number of methoxy groups -OCH3 is 1. The molecule has 0 N–H and O–H groups in total. The van der Waals surface area contributed by atoms with Crippen molar-refractivity contribution in [2.45, 2.75) is 71.1 Å². The minimum Gasteiger partial charge on any atom is -0.497 e. The molecule has 0 atom stereocenters. The summed E-state index contributed by atoms with van der Waals surface area (Å²) in [6, 6.07) is 7.88. The maximum absolute atomic E-state index is 5.85. The maximum atomic E-state index is 5.85. The van der Waals surface area contributed by atoms with Crippen LogP contribution in [0.3, 0.4) is 0 Å². The molecule has 0 aliphatic heterocycles. The number of aromatic nitrogens is 2. The van der Waals surface area contributed by atoms with Crippen LogP contribution < -0.4 is 9.47 Å². The highest BCUT2D eigenvalue weighted by Gasteiger charge is 2.20. The molecule has 1 aromatic heterocycles. The van der Waals surface area contributed by atoms with Crippen LogP contribution in [0.4, 0.5) is 0 Å². The summed E-state index contributed by atoms with van der Waals surface area (Å²) in [6.45, 7) is 3.04. The van der Waals surface area contributed by atoms with Crippen molar-refractivity contribution in [2.75, 3.05) is 13.7 Å². The molecule has 0 spiro atoms. The van der Waals surface area contributed by atoms with Crippen LogP contribution in [0, 0.1) is 11.8 Å². The molecule has 4 nitrogen and oxygen atoms in total. The van der Waals surface area contributed by atoms with E-state index in [0.717, 1.165) is 41.2 Å². The Balaban J connectivity index is 1.32. The van der Waals surface area contributed by atoms with Gasteiger partial charge in [0.25, 0.3) is 5.19 Å². The molecular formula is C23H34N2O2S. The first-order chi connectivity index (χ1) is 13.8. The molecule has 1 aromatic carbocycles. The fourth-order valence-corrected chi connectivity index (χ4v) is 4.87. The molecule has 0 saturated heterocycles. The Kier molecular flexibility index (Phi) is 8.59. The number of benzene rings is 1. The van der Waals surface area contributed by atoms with Crippen LogP contribution in [0.15, 0.2) is 24.3 Å². The Morgan fingerprint density at radius 3 is 2.25 bits per heavy atom. The van der Waals surface area contributed by atoms with Crippen molar-refractivity contribution in [1.29, 1.82) is 0 Å². The lowest BCUT2D eigenvalue weighted by molar-refractivity contribution is 0.227. The van der Waals surface area contributed by atoms with Gasteiger partial charge < -0.3 is 9.47 Å². The summed E-state index contributed by atoms with van der Waals surface area (Å²) in [5.74, 6) is 2.74. The van der Waals surface area contributed by atoms with E-state index in [1.807, 2.05) is 24.3 Å². The predicted molar refractivity (Wildman–Crippen MR) is 116 cm³/mol. The van der Waals surface area contributed by atoms with Crippen LogP contribution in [0.25, 0.3) is 10.6 Å². The summed E-state index contributed by atoms with van der Waals surface area (Å²) in [7, 11) is 1.67. The number of hydrogen-bond donors (Lipinski definition) is 0. The maximum Gasteiger partial charge on any atom is 0.294 e. The van der Waals surface area contributed by atoms with Crippen molar-refractivity contribution in [3.05, 3.63) is 24.3 Å². The topological polar surface area (TPSA) is 44.2 Å². The fourth-order valence-electron chi connectivity index (χ4n) is 4.14. The van der Waals surface area contributed by atoms with E-state index >= 15 is 0 Å². The molecular weight excluding hydrogens is 368 g/mol. The van der Waals surface area contributed by atoms with Crippen molar-refractivity contribution in [1.82, 2.24) is 10.2 Å². The molecule has 0 unspecified atom stereocenters. The minimum atomic E-state index is 0.672. The van der Waals surface area contributed by atoms with Crippen molar-refractivity contribution in [3.63, 3.8) is 0 Å². The molecule has 28 heavy (non-hydrogen) atoms. The van der Waals surface area contributed by atoms with Gasteiger partial charge in [0.2, 0.25) is 0 Å². The summed E-state index contributed by atoms with van der Waals surface area (Å²) in [5, 5.41) is 9.99. The normalized spacial score (nSPS) is 19.5. The molecule has 2 aromatic rings. The molecule has 0 radical (unpaired) electrons. The quantitative estimate of drug-likeness (QED) is 0.389. The van der Waals surface area contributed by atoms with Crippen molar-refractivity contribution in [3.8, 4) is 21.5 Å². The molecule has 3 rings (SSSR count). The minimum absolute atomic E-state index is 0.672. The lowest BCUT2D eigenvalue weighted by atomic mass is 9.78. The van der Waals surface area contributed by atoms with Crippen LogP contribution in [-0.2, 0) is 0 Å². The van der Waals surface area contributed by atoms with Gasteiger partial charge in [-0.25, -0.2) is 0 Å². The lowest BCUT2D eigenvalue weighted by Crippen LogP contribution is -2.15. The third kappa shape index (κ3) is 6.47. The van der Waals surface area contributed by atoms with Crippen LogP contribution in [-0.4, -0.2) is 23.9 Å². The number of rotatable bonds is 11. The summed E-state index contributed by atoms with van der Waals surface area (Å²) in [4.78, 5) is 0. The van der Waals surface area contributed by atoms with E-state index in [0.29, 0.717) is 5.19 Å². The monoisotopic (exact) mass is 402 g/mol. The van der Waals surface area contributed by atoms with Crippen LogP contribution in [0.2, 0.25) is 0 Å². The zero-order chi connectivity index (χ0) is 19.6. The van der Waals surface area contributed by atoms with E-state index < -0.39 is 0 Å². The van der Waals surface area contributed by atoms with Crippen LogP contribution >= 0.6 is 11.3 Å². The van der Waals surface area contributed by atoms with Crippen molar-refractivity contribution < 1.29 is 9.47 Å². The Morgan fingerprint density at radius 2 is 1.61 bits per heavy atom. The Bertz CT molecular complexity index is 678. The number of nitrogens with zero attached hydrogens (tertiary/aromatic N) is 2. The second-order valence-electron chi connectivity index (χ2n) is 7.97. The van der Waals surface area contributed by atoms with Gasteiger partial charge in [-0.3, -0.25) is 0 Å². The summed E-state index contributed by atoms with van der Waals surface area (Å²) in [6.07, 6.45) is 13.7. The standard InChI is InChI=1S/C23H34N2O2S/c1-3-4-5-7-18-9-11-19(12-10-18)8-6-17-27-23-25-24-22(28-23)20-13-15-21(26-2)16-14-20/h13-16,18-19H,3-12,17H2,1-2H3. The highest BCUT2D eigenvalue weighted by atomic mass is 32.1. The molecule has 1 aliphatic rings. The first kappa shape index (κ1) is 21.1. The van der Waals surface area contributed by atoms with Crippen molar-refractivity contribution in [2.24, 2.45) is 11.8 Å². The highest BCUT2D eigenvalue weighted by Crippen LogP contribution is 2.34. The zero-order valence-electron chi connectivity index (χ0n) is 17.4. The SMILES string of the molecule is CCCCCC1CCC(CCCOc2nnc(-c3ccc(OC)cc3)s2)CC1. The second kappa shape index (κ2) is 11.4. The fraction of sp³-hybridized carbons (Fsp3) is 0.652. The third-order valence-electron chi connectivity index (χ3n) is 5.91. The highest BCUT2D eigenvalue weighted by molar-refractivity contribution is 7.16. The molecule has 0 amide bonds. The first-order valence-electron chi connectivity index (χ1n) is 10.9. The van der Waals surface area contributed by atoms with Gasteiger partial charge in [0.15, 0.2) is 5.01 Å². The van der Waals surface area contributed by atoms with Gasteiger partial charge in [-0.2, -0.15) is 0 Å². The number of ether oxygens (including phenoxy) is 2. The summed E-state index contributed by atoms with van der Waals surface area (Å²) >= 11 is 1.51. The van der Waals surface area contributed by atoms with Crippen LogP contribution in [0.5, 0.6) is 10.9 Å². The molecule has 5 heteroatoms. The van der Waals surface area contributed by atoms with Gasteiger partial charge in [0.1, 0.15) is 5.75 Å². The molecule has 1 heterocycles. The smallest absolute Gasteiger partial charge is 0.294 e. The Hall–Kier alpha value is -1.62. The second-order valence-corrected chi connectivity index (χ2v) is 8.91. The summed E-state index contributed by atoms with van der Waals surface area (Å²) < 4.78 is 11.0. The predicted octanol–water partition coefficient (Wildman–Crippen LogP) is 6.76. The van der Waals surface area contributed by atoms with Gasteiger partial charge in [0.05, 0.1) is 13.7 Å². The van der Waals surface area contributed by atoms with Gasteiger partial charge in [0, 0.05) is 5.56 Å². The number of unbranched alkanes of at least 4 members (excludes halogenated alkanes) is 2. The largest absolute Gasteiger partial charge is 0.497 e. The molecule has 0 bridgehead atoms. The Labute approximate surface area is 173 Å². The first-order valence-corrected chi connectivity index (χ1v) is 11.7. The molecule has 1 aliphatic carbocycles. The van der Waals surface area contributed by atoms with Gasteiger partial charge in [-0.05, 0) is 48.9 Å². The van der Waals surface area contributed by atoms with E-state index in [2.05, 4.69) is 17.1 Å². The van der Waals surface area contributed by atoms with Crippen LogP contribution in [0.1, 0.15) is 71.1 Å². The van der Waals surface area contributed by atoms with E-state index in [4.69, 9.17) is 9.47 Å². The average molecular weight is 403 g/mol. The zero-order valence-corrected chi connectivity index (χ0v) is 18.2. The van der Waals surface area contributed by atoms with Gasteiger partial charge in [-0.1, -0.05) is 74.7 Å². The summed E-state index contributed by atoms with van der Waals surface area (Å²) in [5.41, 5.74) is 1.05. The van der Waals surface area contributed by atoms with Gasteiger partial charge >= 0.3 is 0 Å². The molecule has 1 fully saturated rings. The van der Waals surface area contributed by atoms with E-state index in [1.165, 1.54) is 69.1 Å². The average Bonchev–Trinajstić information content (AvgIpc) is 3.21. The van der Waals surface area contributed by atoms with E-state index in [-0.39, 0.29) is 0 Å². The van der Waals surface area contributed by atoms with Crippen molar-refractivity contribution >= 4 is 11.3 Å². The Morgan fingerprint density at radius 1 is 0.929 bits per heavy atom. The third-order valence-corrected chi connectivity index (χ3v) is 6.79. The van der Waals surface area contributed by atoms with E-state index in [9.17, 15) is 0 Å². The van der Waals surface area contributed by atoms with Gasteiger partial charge in [-0.15, -0.1) is 5.10 Å². The molecule has 154 valence electrons. The van der Waals surface area contributed by atoms with E-state index in [1.54, 1.807) is 7.11 Å². The lowest BCUT2D eigenvalue weighted by Gasteiger charge is -2.28. The molecule has 1 saturated carbocycles. The number of hydrogen-bond acceptors (Lipinski definition) is 5.